The third-order valence-electron chi connectivity index (χ3n) is 4.99. The summed E-state index contributed by atoms with van der Waals surface area (Å²) in [4.78, 5) is 12.2. The van der Waals surface area contributed by atoms with Crippen LogP contribution in [0.15, 0.2) is 12.2 Å². The number of cyclic esters (lactones) is 1. The smallest absolute Gasteiger partial charge is 0.310 e. The van der Waals surface area contributed by atoms with Gasteiger partial charge < -0.3 is 4.74 Å². The Kier molecular flexibility index (Phi) is 2.57. The number of rotatable bonds is 4. The van der Waals surface area contributed by atoms with Crippen LogP contribution in [0, 0.1) is 23.7 Å². The zero-order valence-corrected chi connectivity index (χ0v) is 10.8. The van der Waals surface area contributed by atoms with E-state index in [4.69, 9.17) is 4.74 Å². The zero-order valence-electron chi connectivity index (χ0n) is 10.8. The Bertz CT molecular complexity index is 352. The molecular formula is C15H22O2. The Morgan fingerprint density at radius 1 is 1.24 bits per heavy atom. The largest absolute Gasteiger partial charge is 0.458 e. The third-order valence-corrected chi connectivity index (χ3v) is 4.99. The molecule has 2 nitrogen and oxygen atoms in total. The molecule has 0 aromatic rings. The minimum Gasteiger partial charge on any atom is -0.458 e. The average molecular weight is 234 g/mol. The Labute approximate surface area is 103 Å². The minimum atomic E-state index is -0.130. The van der Waals surface area contributed by atoms with Crippen molar-refractivity contribution in [2.75, 3.05) is 0 Å². The van der Waals surface area contributed by atoms with E-state index in [2.05, 4.69) is 26.0 Å². The summed E-state index contributed by atoms with van der Waals surface area (Å²) in [7, 11) is 0. The summed E-state index contributed by atoms with van der Waals surface area (Å²) >= 11 is 0. The molecule has 0 radical (unpaired) electrons. The molecule has 1 aliphatic heterocycles. The number of carbonyl (C=O) groups excluding carboxylic acids is 1. The molecule has 2 aliphatic carbocycles. The number of allylic oxidation sites excluding steroid dienone is 2. The Balaban J connectivity index is 1.95. The lowest BCUT2D eigenvalue weighted by molar-refractivity contribution is -0.153. The highest BCUT2D eigenvalue weighted by Crippen LogP contribution is 2.59. The number of esters is 1. The molecule has 0 aromatic carbocycles. The SMILES string of the molecule is CCCC1(CCC)OC(=O)[C@H]2[C@@H]1[C@@H]1C=C[C@H]2C1. The summed E-state index contributed by atoms with van der Waals surface area (Å²) in [6.07, 6.45) is 10.1. The molecule has 3 aliphatic rings. The predicted octanol–water partition coefficient (Wildman–Crippen LogP) is 3.32. The van der Waals surface area contributed by atoms with E-state index in [9.17, 15) is 4.79 Å². The molecule has 2 heteroatoms. The summed E-state index contributed by atoms with van der Waals surface area (Å²) in [5.74, 6) is 1.84. The lowest BCUT2D eigenvalue weighted by Crippen LogP contribution is -2.39. The monoisotopic (exact) mass is 234 g/mol. The highest BCUT2D eigenvalue weighted by Gasteiger charge is 2.63. The number of fused-ring (bicyclic) bond motifs is 5. The highest BCUT2D eigenvalue weighted by atomic mass is 16.6. The van der Waals surface area contributed by atoms with Crippen LogP contribution in [0.3, 0.4) is 0 Å². The van der Waals surface area contributed by atoms with E-state index < -0.39 is 0 Å². The van der Waals surface area contributed by atoms with Crippen molar-refractivity contribution >= 4 is 5.97 Å². The molecule has 0 unspecified atom stereocenters. The van der Waals surface area contributed by atoms with Crippen molar-refractivity contribution in [3.05, 3.63) is 12.2 Å². The van der Waals surface area contributed by atoms with Crippen LogP contribution in [-0.4, -0.2) is 11.6 Å². The summed E-state index contributed by atoms with van der Waals surface area (Å²) in [6.45, 7) is 4.39. The standard InChI is InChI=1S/C15H22O2/c1-3-7-15(8-4-2)13-11-6-5-10(9-11)12(13)14(16)17-15/h5-6,10-13H,3-4,7-9H2,1-2H3/t10-,11+,12+,13-/m0/s1. The van der Waals surface area contributed by atoms with E-state index in [1.807, 2.05) is 0 Å². The topological polar surface area (TPSA) is 26.3 Å². The number of hydrogen-bond donors (Lipinski definition) is 0. The molecule has 1 saturated carbocycles. The van der Waals surface area contributed by atoms with Crippen LogP contribution in [0.4, 0.5) is 0 Å². The second-order valence-corrected chi connectivity index (χ2v) is 5.99. The zero-order chi connectivity index (χ0) is 12.0. The molecule has 94 valence electrons. The van der Waals surface area contributed by atoms with Gasteiger partial charge in [0, 0.05) is 5.92 Å². The van der Waals surface area contributed by atoms with E-state index in [1.165, 1.54) is 6.42 Å². The van der Waals surface area contributed by atoms with Crippen LogP contribution in [0.2, 0.25) is 0 Å². The van der Waals surface area contributed by atoms with Crippen LogP contribution in [-0.2, 0) is 9.53 Å². The van der Waals surface area contributed by atoms with Gasteiger partial charge in [-0.05, 0) is 31.1 Å². The van der Waals surface area contributed by atoms with Gasteiger partial charge in [-0.1, -0.05) is 38.8 Å². The summed E-state index contributed by atoms with van der Waals surface area (Å²) in [6, 6.07) is 0. The summed E-state index contributed by atoms with van der Waals surface area (Å²) in [5, 5.41) is 0. The molecule has 4 atom stereocenters. The van der Waals surface area contributed by atoms with Gasteiger partial charge in [-0.3, -0.25) is 4.79 Å². The second kappa shape index (κ2) is 3.86. The van der Waals surface area contributed by atoms with Gasteiger partial charge >= 0.3 is 5.97 Å². The van der Waals surface area contributed by atoms with Crippen LogP contribution >= 0.6 is 0 Å². The molecule has 0 aromatic heterocycles. The average Bonchev–Trinajstić information content (AvgIpc) is 2.93. The van der Waals surface area contributed by atoms with Crippen LogP contribution in [0.5, 0.6) is 0 Å². The van der Waals surface area contributed by atoms with Gasteiger partial charge in [0.1, 0.15) is 5.60 Å². The van der Waals surface area contributed by atoms with Crippen LogP contribution in [0.25, 0.3) is 0 Å². The Morgan fingerprint density at radius 2 is 1.88 bits per heavy atom. The van der Waals surface area contributed by atoms with E-state index >= 15 is 0 Å². The molecule has 2 fully saturated rings. The fraction of sp³-hybridized carbons (Fsp3) is 0.800. The van der Waals surface area contributed by atoms with Gasteiger partial charge in [-0.25, -0.2) is 0 Å². The number of carbonyl (C=O) groups is 1. The molecule has 2 bridgehead atoms. The maximum Gasteiger partial charge on any atom is 0.310 e. The van der Waals surface area contributed by atoms with Gasteiger partial charge in [0.05, 0.1) is 5.92 Å². The van der Waals surface area contributed by atoms with E-state index in [1.54, 1.807) is 0 Å². The van der Waals surface area contributed by atoms with Gasteiger partial charge in [0.2, 0.25) is 0 Å². The van der Waals surface area contributed by atoms with Crippen molar-refractivity contribution in [2.45, 2.75) is 51.6 Å². The molecule has 0 spiro atoms. The van der Waals surface area contributed by atoms with E-state index in [0.717, 1.165) is 25.7 Å². The predicted molar refractivity (Wildman–Crippen MR) is 66.4 cm³/mol. The van der Waals surface area contributed by atoms with Gasteiger partial charge in [-0.2, -0.15) is 0 Å². The maximum atomic E-state index is 12.2. The quantitative estimate of drug-likeness (QED) is 0.551. The van der Waals surface area contributed by atoms with Crippen molar-refractivity contribution in [3.63, 3.8) is 0 Å². The van der Waals surface area contributed by atoms with Crippen LogP contribution < -0.4 is 0 Å². The molecule has 1 saturated heterocycles. The van der Waals surface area contributed by atoms with Gasteiger partial charge in [-0.15, -0.1) is 0 Å². The van der Waals surface area contributed by atoms with Crippen molar-refractivity contribution < 1.29 is 9.53 Å². The van der Waals surface area contributed by atoms with Crippen molar-refractivity contribution in [2.24, 2.45) is 23.7 Å². The molecular weight excluding hydrogens is 212 g/mol. The normalized spacial score (nSPS) is 40.7. The molecule has 1 heterocycles. The summed E-state index contributed by atoms with van der Waals surface area (Å²) < 4.78 is 5.90. The molecule has 17 heavy (non-hydrogen) atoms. The van der Waals surface area contributed by atoms with Crippen molar-refractivity contribution in [1.29, 1.82) is 0 Å². The van der Waals surface area contributed by atoms with Gasteiger partial charge in [0.25, 0.3) is 0 Å². The maximum absolute atomic E-state index is 12.2. The third kappa shape index (κ3) is 1.42. The first-order valence-electron chi connectivity index (χ1n) is 7.13. The van der Waals surface area contributed by atoms with E-state index in [-0.39, 0.29) is 17.5 Å². The number of hydrogen-bond acceptors (Lipinski definition) is 2. The Morgan fingerprint density at radius 3 is 2.53 bits per heavy atom. The number of ether oxygens (including phenoxy) is 1. The lowest BCUT2D eigenvalue weighted by atomic mass is 9.71. The first-order valence-corrected chi connectivity index (χ1v) is 7.13. The minimum absolute atomic E-state index is 0.0914. The summed E-state index contributed by atoms with van der Waals surface area (Å²) in [5.41, 5.74) is -0.130. The molecule has 0 N–H and O–H groups in total. The fourth-order valence-electron chi connectivity index (χ4n) is 4.60. The second-order valence-electron chi connectivity index (χ2n) is 5.99. The Hall–Kier alpha value is -0.790. The molecule has 3 rings (SSSR count). The first kappa shape index (κ1) is 11.3. The highest BCUT2D eigenvalue weighted by molar-refractivity contribution is 5.78. The molecule has 0 amide bonds. The van der Waals surface area contributed by atoms with Crippen molar-refractivity contribution in [3.8, 4) is 0 Å². The fourth-order valence-corrected chi connectivity index (χ4v) is 4.60. The van der Waals surface area contributed by atoms with Gasteiger partial charge in [0.15, 0.2) is 0 Å². The van der Waals surface area contributed by atoms with Crippen LogP contribution in [0.1, 0.15) is 46.0 Å². The van der Waals surface area contributed by atoms with Crippen molar-refractivity contribution in [1.82, 2.24) is 0 Å². The first-order chi connectivity index (χ1) is 8.22. The lowest BCUT2D eigenvalue weighted by Gasteiger charge is -2.35. The van der Waals surface area contributed by atoms with E-state index in [0.29, 0.717) is 17.8 Å².